The van der Waals surface area contributed by atoms with Gasteiger partial charge in [0.25, 0.3) is 0 Å². The second-order valence-electron chi connectivity index (χ2n) is 10.8. The van der Waals surface area contributed by atoms with Crippen LogP contribution in [0.3, 0.4) is 0 Å². The SMILES string of the molecule is Cc1nc(C)c(CNC(=O)C2C=CC(c3cccc(C(F)(F)F)c3)=C3CCN(C(=O)NC(C)(C)C)CC32)s1. The van der Waals surface area contributed by atoms with Crippen LogP contribution in [0.5, 0.6) is 0 Å². The van der Waals surface area contributed by atoms with E-state index < -0.39 is 23.2 Å². The number of hydrogen-bond acceptors (Lipinski definition) is 4. The van der Waals surface area contributed by atoms with E-state index in [-0.39, 0.29) is 17.9 Å². The average molecular weight is 547 g/mol. The lowest BCUT2D eigenvalue weighted by Gasteiger charge is -2.41. The third-order valence-corrected chi connectivity index (χ3v) is 7.83. The zero-order valence-corrected chi connectivity index (χ0v) is 23.0. The fourth-order valence-electron chi connectivity index (χ4n) is 5.01. The molecule has 1 aliphatic heterocycles. The van der Waals surface area contributed by atoms with Crippen LogP contribution in [-0.4, -0.2) is 40.5 Å². The average Bonchev–Trinajstić information content (AvgIpc) is 3.16. The van der Waals surface area contributed by atoms with Gasteiger partial charge in [0, 0.05) is 29.4 Å². The highest BCUT2D eigenvalue weighted by atomic mass is 32.1. The van der Waals surface area contributed by atoms with Crippen LogP contribution >= 0.6 is 11.3 Å². The van der Waals surface area contributed by atoms with Crippen LogP contribution in [0.15, 0.2) is 42.0 Å². The number of aryl methyl sites for hydroxylation is 2. The molecule has 2 atom stereocenters. The Morgan fingerprint density at radius 3 is 2.55 bits per heavy atom. The number of carbonyl (C=O) groups excluding carboxylic acids is 2. The van der Waals surface area contributed by atoms with Gasteiger partial charge in [0.15, 0.2) is 0 Å². The van der Waals surface area contributed by atoms with Crippen molar-refractivity contribution in [1.29, 1.82) is 0 Å². The Morgan fingerprint density at radius 2 is 1.92 bits per heavy atom. The predicted octanol–water partition coefficient (Wildman–Crippen LogP) is 5.86. The maximum Gasteiger partial charge on any atom is 0.416 e. The summed E-state index contributed by atoms with van der Waals surface area (Å²) in [6.45, 7) is 10.6. The van der Waals surface area contributed by atoms with E-state index in [9.17, 15) is 22.8 Å². The van der Waals surface area contributed by atoms with Gasteiger partial charge in [0.1, 0.15) is 0 Å². The molecule has 2 N–H and O–H groups in total. The van der Waals surface area contributed by atoms with Gasteiger partial charge < -0.3 is 15.5 Å². The molecule has 2 aromatic rings. The van der Waals surface area contributed by atoms with Crippen molar-refractivity contribution in [2.45, 2.75) is 59.3 Å². The molecule has 1 aliphatic carbocycles. The Labute approximate surface area is 225 Å². The molecule has 1 aromatic heterocycles. The van der Waals surface area contributed by atoms with Gasteiger partial charge >= 0.3 is 12.2 Å². The summed E-state index contributed by atoms with van der Waals surface area (Å²) >= 11 is 1.53. The fraction of sp³-hybridized carbons (Fsp3) is 0.464. The van der Waals surface area contributed by atoms with Crippen molar-refractivity contribution in [3.63, 3.8) is 0 Å². The molecule has 204 valence electrons. The summed E-state index contributed by atoms with van der Waals surface area (Å²) in [5, 5.41) is 6.91. The van der Waals surface area contributed by atoms with E-state index in [2.05, 4.69) is 15.6 Å². The van der Waals surface area contributed by atoms with E-state index in [1.165, 1.54) is 17.4 Å². The van der Waals surface area contributed by atoms with Gasteiger partial charge in [0.05, 0.1) is 28.7 Å². The van der Waals surface area contributed by atoms with Crippen LogP contribution in [0, 0.1) is 25.7 Å². The maximum atomic E-state index is 13.4. The summed E-state index contributed by atoms with van der Waals surface area (Å²) in [7, 11) is 0. The van der Waals surface area contributed by atoms with E-state index in [0.29, 0.717) is 37.2 Å². The molecule has 10 heteroatoms. The minimum Gasteiger partial charge on any atom is -0.351 e. The van der Waals surface area contributed by atoms with Crippen molar-refractivity contribution in [3.05, 3.63) is 68.7 Å². The molecule has 2 heterocycles. The molecule has 2 unspecified atom stereocenters. The van der Waals surface area contributed by atoms with Gasteiger partial charge in [-0.1, -0.05) is 29.9 Å². The van der Waals surface area contributed by atoms with Crippen molar-refractivity contribution in [3.8, 4) is 0 Å². The number of fused-ring (bicyclic) bond motifs is 1. The monoisotopic (exact) mass is 546 g/mol. The largest absolute Gasteiger partial charge is 0.416 e. The van der Waals surface area contributed by atoms with Crippen molar-refractivity contribution in [2.24, 2.45) is 11.8 Å². The predicted molar refractivity (Wildman–Crippen MR) is 142 cm³/mol. The van der Waals surface area contributed by atoms with E-state index in [1.54, 1.807) is 23.1 Å². The smallest absolute Gasteiger partial charge is 0.351 e. The first-order valence-electron chi connectivity index (χ1n) is 12.6. The second kappa shape index (κ2) is 10.6. The third kappa shape index (κ3) is 6.28. The number of carbonyl (C=O) groups is 2. The number of alkyl halides is 3. The first kappa shape index (κ1) is 27.9. The number of allylic oxidation sites excluding steroid dienone is 2. The number of thiazole rings is 1. The van der Waals surface area contributed by atoms with Crippen molar-refractivity contribution in [1.82, 2.24) is 20.5 Å². The van der Waals surface area contributed by atoms with Crippen molar-refractivity contribution >= 4 is 28.8 Å². The highest BCUT2D eigenvalue weighted by Crippen LogP contribution is 2.41. The quantitative estimate of drug-likeness (QED) is 0.504. The van der Waals surface area contributed by atoms with Crippen LogP contribution in [0.2, 0.25) is 0 Å². The van der Waals surface area contributed by atoms with Crippen LogP contribution in [-0.2, 0) is 17.5 Å². The van der Waals surface area contributed by atoms with Gasteiger partial charge in [-0.25, -0.2) is 9.78 Å². The normalized spacial score (nSPS) is 19.8. The number of nitrogens with one attached hydrogen (secondary N) is 2. The van der Waals surface area contributed by atoms with Gasteiger partial charge in [-0.2, -0.15) is 13.2 Å². The standard InChI is InChI=1S/C28H33F3N4O2S/c1-16-24(38-17(2)33-16)14-32-25(36)22-10-9-20(18-7-6-8-19(13-18)28(29,30)31)21-11-12-35(15-23(21)22)26(37)34-27(3,4)5/h6-10,13,22-23H,11-12,14-15H2,1-5H3,(H,32,36)(H,34,37). The lowest BCUT2D eigenvalue weighted by Crippen LogP contribution is -2.53. The molecule has 38 heavy (non-hydrogen) atoms. The molecule has 1 saturated heterocycles. The number of piperidine rings is 1. The second-order valence-corrected chi connectivity index (χ2v) is 12.1. The summed E-state index contributed by atoms with van der Waals surface area (Å²) in [5.74, 6) is -1.09. The Hall–Kier alpha value is -3.14. The maximum absolute atomic E-state index is 13.4. The minimum absolute atomic E-state index is 0.185. The summed E-state index contributed by atoms with van der Waals surface area (Å²) < 4.78 is 40.3. The number of aromatic nitrogens is 1. The molecule has 0 spiro atoms. The first-order valence-corrected chi connectivity index (χ1v) is 13.4. The molecule has 3 amide bonds. The topological polar surface area (TPSA) is 74.3 Å². The number of benzene rings is 1. The molecule has 2 aliphatic rings. The molecular formula is C28H33F3N4O2S. The number of halogens is 3. The molecule has 4 rings (SSSR count). The third-order valence-electron chi connectivity index (χ3n) is 6.76. The minimum atomic E-state index is -4.46. The summed E-state index contributed by atoms with van der Waals surface area (Å²) in [6.07, 6.45) is -0.467. The zero-order chi connectivity index (χ0) is 27.8. The van der Waals surface area contributed by atoms with Crippen molar-refractivity contribution in [2.75, 3.05) is 13.1 Å². The Morgan fingerprint density at radius 1 is 1.18 bits per heavy atom. The summed E-state index contributed by atoms with van der Waals surface area (Å²) in [5.41, 5.74) is 1.78. The summed E-state index contributed by atoms with van der Waals surface area (Å²) in [4.78, 5) is 33.5. The number of hydrogen-bond donors (Lipinski definition) is 2. The molecule has 0 saturated carbocycles. The van der Waals surface area contributed by atoms with Crippen LogP contribution in [0.4, 0.5) is 18.0 Å². The number of amides is 3. The number of nitrogens with zero attached hydrogens (tertiary/aromatic N) is 2. The molecule has 1 aromatic carbocycles. The van der Waals surface area contributed by atoms with E-state index in [1.807, 2.05) is 34.6 Å². The van der Waals surface area contributed by atoms with Gasteiger partial charge in [0.2, 0.25) is 5.91 Å². The fourth-order valence-corrected chi connectivity index (χ4v) is 5.88. The lowest BCUT2D eigenvalue weighted by molar-refractivity contribution is -0.137. The van der Waals surface area contributed by atoms with Crippen LogP contribution in [0.1, 0.15) is 53.9 Å². The van der Waals surface area contributed by atoms with E-state index in [4.69, 9.17) is 0 Å². The Kier molecular flexibility index (Phi) is 7.74. The zero-order valence-electron chi connectivity index (χ0n) is 22.2. The highest BCUT2D eigenvalue weighted by molar-refractivity contribution is 7.11. The molecule has 0 radical (unpaired) electrons. The first-order chi connectivity index (χ1) is 17.7. The molecule has 0 bridgehead atoms. The lowest BCUT2D eigenvalue weighted by atomic mass is 9.73. The number of rotatable bonds is 4. The summed E-state index contributed by atoms with van der Waals surface area (Å²) in [6, 6.07) is 5.04. The number of urea groups is 1. The van der Waals surface area contributed by atoms with Gasteiger partial charge in [-0.3, -0.25) is 4.79 Å². The van der Waals surface area contributed by atoms with E-state index in [0.717, 1.165) is 33.3 Å². The Bertz CT molecular complexity index is 1290. The Balaban J connectivity index is 1.64. The highest BCUT2D eigenvalue weighted by Gasteiger charge is 2.39. The van der Waals surface area contributed by atoms with Crippen molar-refractivity contribution < 1.29 is 22.8 Å². The van der Waals surface area contributed by atoms with Crippen LogP contribution in [0.25, 0.3) is 5.57 Å². The van der Waals surface area contributed by atoms with Gasteiger partial charge in [-0.15, -0.1) is 11.3 Å². The molecule has 1 fully saturated rings. The van der Waals surface area contributed by atoms with E-state index >= 15 is 0 Å². The van der Waals surface area contributed by atoms with Crippen LogP contribution < -0.4 is 10.6 Å². The van der Waals surface area contributed by atoms with Gasteiger partial charge in [-0.05, 0) is 64.3 Å². The molecule has 6 nitrogen and oxygen atoms in total. The molecular weight excluding hydrogens is 513 g/mol. The number of likely N-dealkylation sites (tertiary alicyclic amines) is 1.